The Morgan fingerprint density at radius 1 is 1.30 bits per heavy atom. The third-order valence-corrected chi connectivity index (χ3v) is 4.63. The summed E-state index contributed by atoms with van der Waals surface area (Å²) in [4.78, 5) is 12.3. The first-order chi connectivity index (χ1) is 9.25. The summed E-state index contributed by atoms with van der Waals surface area (Å²) in [6.45, 7) is 7.05. The van der Waals surface area contributed by atoms with E-state index in [0.29, 0.717) is 5.15 Å². The first-order valence-electron chi connectivity index (χ1n) is 6.25. The Labute approximate surface area is 137 Å². The van der Waals surface area contributed by atoms with E-state index in [2.05, 4.69) is 63.0 Å². The van der Waals surface area contributed by atoms with Crippen LogP contribution in [0, 0.1) is 0 Å². The normalized spacial score (nSPS) is 11.7. The summed E-state index contributed by atoms with van der Waals surface area (Å²) in [5.74, 6) is 1.61. The number of anilines is 1. The number of rotatable bonds is 3. The number of hydrogen-bond acceptors (Lipinski definition) is 4. The van der Waals surface area contributed by atoms with Gasteiger partial charge in [-0.3, -0.25) is 0 Å². The van der Waals surface area contributed by atoms with Crippen LogP contribution >= 0.6 is 38.9 Å². The van der Waals surface area contributed by atoms with E-state index in [9.17, 15) is 0 Å². The third kappa shape index (κ3) is 3.93. The van der Waals surface area contributed by atoms with Gasteiger partial charge in [-0.25, -0.2) is 9.97 Å². The average Bonchev–Trinajstić information content (AvgIpc) is 2.72. The molecule has 0 aliphatic heterocycles. The molecule has 0 saturated heterocycles. The molecular formula is C14H17BrClN3S. The Bertz CT molecular complexity index is 607. The topological polar surface area (TPSA) is 29.0 Å². The predicted molar refractivity (Wildman–Crippen MR) is 89.9 cm³/mol. The van der Waals surface area contributed by atoms with E-state index >= 15 is 0 Å². The summed E-state index contributed by atoms with van der Waals surface area (Å²) in [6.07, 6.45) is 0. The maximum atomic E-state index is 6.12. The highest BCUT2D eigenvalue weighted by Crippen LogP contribution is 2.26. The molecule has 108 valence electrons. The molecule has 0 radical (unpaired) electrons. The van der Waals surface area contributed by atoms with Crippen molar-refractivity contribution >= 4 is 44.7 Å². The second-order valence-corrected chi connectivity index (χ2v) is 8.01. The Hall–Kier alpha value is -0.650. The summed E-state index contributed by atoms with van der Waals surface area (Å²) in [7, 11) is 2.01. The molecule has 2 aromatic heterocycles. The molecule has 0 N–H and O–H groups in total. The average molecular weight is 375 g/mol. The minimum atomic E-state index is -0.119. The number of halogens is 2. The van der Waals surface area contributed by atoms with Gasteiger partial charge in [0.1, 0.15) is 16.8 Å². The maximum Gasteiger partial charge on any atom is 0.137 e. The molecule has 0 amide bonds. The van der Waals surface area contributed by atoms with Crippen molar-refractivity contribution in [3.63, 3.8) is 0 Å². The van der Waals surface area contributed by atoms with Gasteiger partial charge in [0, 0.05) is 33.3 Å². The van der Waals surface area contributed by atoms with E-state index in [1.54, 1.807) is 17.4 Å². The molecule has 0 aliphatic carbocycles. The van der Waals surface area contributed by atoms with Crippen molar-refractivity contribution in [2.75, 3.05) is 11.9 Å². The van der Waals surface area contributed by atoms with E-state index in [0.717, 1.165) is 22.7 Å². The molecule has 2 heterocycles. The van der Waals surface area contributed by atoms with Crippen LogP contribution in [0.3, 0.4) is 0 Å². The van der Waals surface area contributed by atoms with Crippen molar-refractivity contribution in [3.05, 3.63) is 37.8 Å². The molecular weight excluding hydrogens is 358 g/mol. The lowest BCUT2D eigenvalue weighted by atomic mass is 9.96. The summed E-state index contributed by atoms with van der Waals surface area (Å²) in [5, 5.41) is 2.57. The lowest BCUT2D eigenvalue weighted by Crippen LogP contribution is -2.21. The molecule has 2 rings (SSSR count). The predicted octanol–water partition coefficient (Wildman–Crippen LogP) is 4.89. The van der Waals surface area contributed by atoms with Crippen LogP contribution in [0.1, 0.15) is 31.5 Å². The second kappa shape index (κ2) is 6.00. The Kier molecular flexibility index (Phi) is 4.72. The number of hydrogen-bond donors (Lipinski definition) is 0. The van der Waals surface area contributed by atoms with Crippen molar-refractivity contribution in [1.29, 1.82) is 0 Å². The van der Waals surface area contributed by atoms with E-state index < -0.39 is 0 Å². The van der Waals surface area contributed by atoms with Crippen molar-refractivity contribution in [2.45, 2.75) is 32.7 Å². The van der Waals surface area contributed by atoms with Gasteiger partial charge in [-0.2, -0.15) is 0 Å². The lowest BCUT2D eigenvalue weighted by Gasteiger charge is -2.22. The van der Waals surface area contributed by atoms with Gasteiger partial charge in [0.05, 0.1) is 6.54 Å². The minimum Gasteiger partial charge on any atom is -0.354 e. The van der Waals surface area contributed by atoms with Crippen LogP contribution in [0.5, 0.6) is 0 Å². The van der Waals surface area contributed by atoms with Crippen LogP contribution in [-0.2, 0) is 12.0 Å². The van der Waals surface area contributed by atoms with Crippen LogP contribution in [0.2, 0.25) is 5.15 Å². The van der Waals surface area contributed by atoms with Gasteiger partial charge in [0.25, 0.3) is 0 Å². The monoisotopic (exact) mass is 373 g/mol. The quantitative estimate of drug-likeness (QED) is 0.716. The molecule has 2 aromatic rings. The van der Waals surface area contributed by atoms with Gasteiger partial charge in [-0.15, -0.1) is 11.3 Å². The van der Waals surface area contributed by atoms with Crippen LogP contribution < -0.4 is 4.90 Å². The fraction of sp³-hybridized carbons (Fsp3) is 0.429. The zero-order chi connectivity index (χ0) is 14.9. The van der Waals surface area contributed by atoms with Gasteiger partial charge < -0.3 is 4.90 Å². The van der Waals surface area contributed by atoms with E-state index in [-0.39, 0.29) is 5.41 Å². The molecule has 0 atom stereocenters. The SMILES string of the molecule is CN(Cc1cc(Br)cs1)c1cc(Cl)nc(C(C)(C)C)n1. The molecule has 0 bridgehead atoms. The van der Waals surface area contributed by atoms with Gasteiger partial charge >= 0.3 is 0 Å². The number of aromatic nitrogens is 2. The smallest absolute Gasteiger partial charge is 0.137 e. The maximum absolute atomic E-state index is 6.12. The van der Waals surface area contributed by atoms with Crippen molar-refractivity contribution < 1.29 is 0 Å². The van der Waals surface area contributed by atoms with Crippen molar-refractivity contribution in [3.8, 4) is 0 Å². The first-order valence-corrected chi connectivity index (χ1v) is 8.30. The number of thiophene rings is 1. The lowest BCUT2D eigenvalue weighted by molar-refractivity contribution is 0.544. The first kappa shape index (κ1) is 15.7. The molecule has 6 heteroatoms. The largest absolute Gasteiger partial charge is 0.354 e. The standard InChI is InChI=1S/C14H17BrClN3S/c1-14(2,3)13-17-11(16)6-12(18-13)19(4)7-10-5-9(15)8-20-10/h5-6,8H,7H2,1-4H3. The second-order valence-electron chi connectivity index (χ2n) is 5.71. The zero-order valence-electron chi connectivity index (χ0n) is 11.9. The minimum absolute atomic E-state index is 0.119. The highest BCUT2D eigenvalue weighted by atomic mass is 79.9. The number of nitrogens with zero attached hydrogens (tertiary/aromatic N) is 3. The van der Waals surface area contributed by atoms with Crippen molar-refractivity contribution in [2.24, 2.45) is 0 Å². The third-order valence-electron chi connectivity index (χ3n) is 2.76. The molecule has 0 fully saturated rings. The van der Waals surface area contributed by atoms with Crippen LogP contribution in [-0.4, -0.2) is 17.0 Å². The van der Waals surface area contributed by atoms with Gasteiger partial charge in [-0.05, 0) is 22.0 Å². The molecule has 0 spiro atoms. The molecule has 20 heavy (non-hydrogen) atoms. The van der Waals surface area contributed by atoms with Gasteiger partial charge in [-0.1, -0.05) is 32.4 Å². The molecule has 0 aliphatic rings. The summed E-state index contributed by atoms with van der Waals surface area (Å²) < 4.78 is 1.11. The zero-order valence-corrected chi connectivity index (χ0v) is 15.1. The molecule has 0 saturated carbocycles. The van der Waals surface area contributed by atoms with Crippen molar-refractivity contribution in [1.82, 2.24) is 9.97 Å². The molecule has 0 aromatic carbocycles. The molecule has 3 nitrogen and oxygen atoms in total. The highest BCUT2D eigenvalue weighted by Gasteiger charge is 2.20. The van der Waals surface area contributed by atoms with E-state index in [4.69, 9.17) is 11.6 Å². The Morgan fingerprint density at radius 3 is 2.55 bits per heavy atom. The highest BCUT2D eigenvalue weighted by molar-refractivity contribution is 9.10. The van der Waals surface area contributed by atoms with E-state index in [1.165, 1.54) is 4.88 Å². The summed E-state index contributed by atoms with van der Waals surface area (Å²) >= 11 is 11.3. The Balaban J connectivity index is 2.25. The molecule has 0 unspecified atom stereocenters. The van der Waals surface area contributed by atoms with Crippen LogP contribution in [0.4, 0.5) is 5.82 Å². The fourth-order valence-electron chi connectivity index (χ4n) is 1.69. The van der Waals surface area contributed by atoms with Gasteiger partial charge in [0.2, 0.25) is 0 Å². The van der Waals surface area contributed by atoms with E-state index in [1.807, 2.05) is 7.05 Å². The summed E-state index contributed by atoms with van der Waals surface area (Å²) in [5.41, 5.74) is -0.119. The van der Waals surface area contributed by atoms with Crippen LogP contribution in [0.15, 0.2) is 22.0 Å². The van der Waals surface area contributed by atoms with Gasteiger partial charge in [0.15, 0.2) is 0 Å². The Morgan fingerprint density at radius 2 is 2.00 bits per heavy atom. The fourth-order valence-corrected chi connectivity index (χ4v) is 3.37. The summed E-state index contributed by atoms with van der Waals surface area (Å²) in [6, 6.07) is 3.92. The van der Waals surface area contributed by atoms with Crippen LogP contribution in [0.25, 0.3) is 0 Å².